The summed E-state index contributed by atoms with van der Waals surface area (Å²) in [5.74, 6) is 1.02. The fourth-order valence-electron chi connectivity index (χ4n) is 3.61. The Balaban J connectivity index is 1.49. The van der Waals surface area contributed by atoms with Gasteiger partial charge in [-0.15, -0.1) is 0 Å². The number of fused-ring (bicyclic) bond motifs is 2. The second kappa shape index (κ2) is 8.11. The van der Waals surface area contributed by atoms with Crippen molar-refractivity contribution < 1.29 is 28.2 Å². The maximum absolute atomic E-state index is 13.2. The van der Waals surface area contributed by atoms with Crippen molar-refractivity contribution >= 4 is 28.3 Å². The van der Waals surface area contributed by atoms with Crippen molar-refractivity contribution in [2.24, 2.45) is 0 Å². The van der Waals surface area contributed by atoms with Gasteiger partial charge in [-0.05, 0) is 31.2 Å². The van der Waals surface area contributed by atoms with Crippen LogP contribution < -0.4 is 19.5 Å². The van der Waals surface area contributed by atoms with Crippen molar-refractivity contribution in [1.29, 1.82) is 0 Å². The highest BCUT2D eigenvalue weighted by atomic mass is 16.7. The lowest BCUT2D eigenvalue weighted by Gasteiger charge is -2.11. The third kappa shape index (κ3) is 3.65. The van der Waals surface area contributed by atoms with E-state index in [-0.39, 0.29) is 24.9 Å². The zero-order valence-corrected chi connectivity index (χ0v) is 17.2. The third-order valence-electron chi connectivity index (χ3n) is 5.17. The molecule has 1 aromatic heterocycles. The summed E-state index contributed by atoms with van der Waals surface area (Å²) in [6.07, 6.45) is 0. The molecule has 0 bridgehead atoms. The molecular weight excluding hydrogens is 410 g/mol. The zero-order chi connectivity index (χ0) is 22.1. The number of hydrogen-bond donors (Lipinski definition) is 1. The summed E-state index contributed by atoms with van der Waals surface area (Å²) in [4.78, 5) is 25.4. The Labute approximate surface area is 183 Å². The van der Waals surface area contributed by atoms with Crippen molar-refractivity contribution in [2.75, 3.05) is 12.1 Å². The zero-order valence-electron chi connectivity index (χ0n) is 17.2. The van der Waals surface area contributed by atoms with Gasteiger partial charge in [-0.3, -0.25) is 9.59 Å². The summed E-state index contributed by atoms with van der Waals surface area (Å²) >= 11 is 0. The molecule has 0 saturated carbocycles. The minimum Gasteiger partial charge on any atom is -0.489 e. The largest absolute Gasteiger partial charge is 0.489 e. The third-order valence-corrected chi connectivity index (χ3v) is 5.17. The van der Waals surface area contributed by atoms with E-state index >= 15 is 0 Å². The van der Waals surface area contributed by atoms with Gasteiger partial charge in [0.1, 0.15) is 17.9 Å². The number of Topliss-reactive ketones (excluding diaryl/α,β-unsaturated/α-hetero) is 1. The molecule has 1 aliphatic rings. The highest BCUT2D eigenvalue weighted by Crippen LogP contribution is 2.38. The molecule has 0 unspecified atom stereocenters. The van der Waals surface area contributed by atoms with E-state index in [1.54, 1.807) is 18.2 Å². The minimum absolute atomic E-state index is 0.0641. The molecular formula is C25H19NO6. The molecule has 1 N–H and O–H groups in total. The van der Waals surface area contributed by atoms with Crippen LogP contribution in [-0.2, 0) is 6.61 Å². The van der Waals surface area contributed by atoms with Crippen molar-refractivity contribution in [3.63, 3.8) is 0 Å². The lowest BCUT2D eigenvalue weighted by atomic mass is 10.1. The van der Waals surface area contributed by atoms with Crippen LogP contribution in [0.3, 0.4) is 0 Å². The molecule has 2 heterocycles. The molecule has 5 rings (SSSR count). The Morgan fingerprint density at radius 3 is 2.47 bits per heavy atom. The van der Waals surface area contributed by atoms with Crippen molar-refractivity contribution in [3.05, 3.63) is 83.6 Å². The fraction of sp³-hybridized carbons (Fsp3) is 0.120. The van der Waals surface area contributed by atoms with Gasteiger partial charge in [0.05, 0.1) is 5.69 Å². The van der Waals surface area contributed by atoms with Crippen LogP contribution in [0, 0.1) is 0 Å². The Morgan fingerprint density at radius 2 is 1.69 bits per heavy atom. The summed E-state index contributed by atoms with van der Waals surface area (Å²) in [6.45, 7) is 1.63. The molecule has 7 heteroatoms. The summed E-state index contributed by atoms with van der Waals surface area (Å²) in [5.41, 5.74) is 1.83. The molecule has 1 aliphatic heterocycles. The number of ether oxygens (including phenoxy) is 3. The van der Waals surface area contributed by atoms with Gasteiger partial charge in [-0.2, -0.15) is 0 Å². The first kappa shape index (κ1) is 19.7. The van der Waals surface area contributed by atoms with Crippen LogP contribution >= 0.6 is 0 Å². The molecule has 160 valence electrons. The normalized spacial score (nSPS) is 12.0. The van der Waals surface area contributed by atoms with Crippen LogP contribution in [0.5, 0.6) is 17.2 Å². The van der Waals surface area contributed by atoms with Crippen molar-refractivity contribution in [3.8, 4) is 17.2 Å². The number of carbonyl (C=O) groups is 2. The Hall–Kier alpha value is -4.26. The Kier molecular flexibility index (Phi) is 4.99. The van der Waals surface area contributed by atoms with Crippen LogP contribution in [0.1, 0.15) is 33.4 Å². The molecule has 7 nitrogen and oxygen atoms in total. The predicted molar refractivity (Wildman–Crippen MR) is 118 cm³/mol. The monoisotopic (exact) mass is 429 g/mol. The van der Waals surface area contributed by atoms with Crippen LogP contribution in [0.2, 0.25) is 0 Å². The van der Waals surface area contributed by atoms with Gasteiger partial charge in [-0.1, -0.05) is 36.4 Å². The lowest BCUT2D eigenvalue weighted by molar-refractivity contribution is 0.0995. The average molecular weight is 429 g/mol. The van der Waals surface area contributed by atoms with E-state index in [0.29, 0.717) is 39.6 Å². The minimum atomic E-state index is -0.491. The smallest absolute Gasteiger partial charge is 0.291 e. The van der Waals surface area contributed by atoms with Crippen molar-refractivity contribution in [1.82, 2.24) is 0 Å². The van der Waals surface area contributed by atoms with Crippen LogP contribution in [-0.4, -0.2) is 18.5 Å². The number of benzene rings is 3. The lowest BCUT2D eigenvalue weighted by Crippen LogP contribution is -2.16. The SMILES string of the molecule is CC(=O)c1cc2c(cc1NC(=O)c1oc3ccccc3c1COc1ccccc1)OCO2. The van der Waals surface area contributed by atoms with E-state index in [2.05, 4.69) is 5.32 Å². The predicted octanol–water partition coefficient (Wildman–Crippen LogP) is 5.20. The quantitative estimate of drug-likeness (QED) is 0.424. The molecule has 0 saturated heterocycles. The van der Waals surface area contributed by atoms with Gasteiger partial charge >= 0.3 is 0 Å². The second-order valence-electron chi connectivity index (χ2n) is 7.27. The number of amides is 1. The molecule has 1 amide bonds. The maximum atomic E-state index is 13.2. The number of carbonyl (C=O) groups excluding carboxylic acids is 2. The van der Waals surface area contributed by atoms with Crippen molar-refractivity contribution in [2.45, 2.75) is 13.5 Å². The van der Waals surface area contributed by atoms with Gasteiger partial charge in [0.2, 0.25) is 6.79 Å². The maximum Gasteiger partial charge on any atom is 0.291 e. The molecule has 0 fully saturated rings. The van der Waals surface area contributed by atoms with E-state index in [1.807, 2.05) is 48.5 Å². The standard InChI is InChI=1S/C25H19NO6/c1-15(27)18-11-22-23(31-14-30-22)12-20(18)26-25(28)24-19(13-29-16-7-3-2-4-8-16)17-9-5-6-10-21(17)32-24/h2-12H,13-14H2,1H3,(H,26,28). The molecule has 0 spiro atoms. The number of hydrogen-bond acceptors (Lipinski definition) is 6. The van der Waals surface area contributed by atoms with Crippen LogP contribution in [0.25, 0.3) is 11.0 Å². The second-order valence-corrected chi connectivity index (χ2v) is 7.27. The first-order valence-electron chi connectivity index (χ1n) is 10.0. The summed E-state index contributed by atoms with van der Waals surface area (Å²) < 4.78 is 22.5. The first-order valence-corrected chi connectivity index (χ1v) is 10.0. The summed E-state index contributed by atoms with van der Waals surface area (Å²) in [6, 6.07) is 19.9. The van der Waals surface area contributed by atoms with E-state index in [1.165, 1.54) is 6.92 Å². The molecule has 3 aromatic carbocycles. The van der Waals surface area contributed by atoms with Gasteiger partial charge in [0.15, 0.2) is 23.0 Å². The first-order chi connectivity index (χ1) is 15.6. The number of rotatable bonds is 6. The van der Waals surface area contributed by atoms with Crippen LogP contribution in [0.15, 0.2) is 71.1 Å². The highest BCUT2D eigenvalue weighted by molar-refractivity contribution is 6.10. The summed E-state index contributed by atoms with van der Waals surface area (Å²) in [5, 5.41) is 3.58. The summed E-state index contributed by atoms with van der Waals surface area (Å²) in [7, 11) is 0. The van der Waals surface area contributed by atoms with E-state index < -0.39 is 5.91 Å². The van der Waals surface area contributed by atoms with Gasteiger partial charge in [0.25, 0.3) is 5.91 Å². The average Bonchev–Trinajstić information content (AvgIpc) is 3.41. The Bertz CT molecular complexity index is 1330. The number of ketones is 1. The molecule has 0 aliphatic carbocycles. The van der Waals surface area contributed by atoms with Gasteiger partial charge in [-0.25, -0.2) is 0 Å². The highest BCUT2D eigenvalue weighted by Gasteiger charge is 2.25. The molecule has 4 aromatic rings. The topological polar surface area (TPSA) is 87.0 Å². The number of furan rings is 1. The van der Waals surface area contributed by atoms with Gasteiger partial charge in [0, 0.05) is 22.6 Å². The number of para-hydroxylation sites is 2. The molecule has 0 atom stereocenters. The van der Waals surface area contributed by atoms with Gasteiger partial charge < -0.3 is 23.9 Å². The fourth-order valence-corrected chi connectivity index (χ4v) is 3.61. The molecule has 0 radical (unpaired) electrons. The van der Waals surface area contributed by atoms with Crippen LogP contribution in [0.4, 0.5) is 5.69 Å². The Morgan fingerprint density at radius 1 is 0.969 bits per heavy atom. The number of nitrogens with one attached hydrogen (secondary N) is 1. The number of anilines is 1. The molecule has 32 heavy (non-hydrogen) atoms. The van der Waals surface area contributed by atoms with E-state index in [4.69, 9.17) is 18.6 Å². The van der Waals surface area contributed by atoms with E-state index in [0.717, 1.165) is 5.39 Å². The van der Waals surface area contributed by atoms with E-state index in [9.17, 15) is 9.59 Å².